The van der Waals surface area contributed by atoms with Gasteiger partial charge in [-0.25, -0.2) is 0 Å². The van der Waals surface area contributed by atoms with Gasteiger partial charge in [0.15, 0.2) is 5.78 Å². The van der Waals surface area contributed by atoms with E-state index in [0.29, 0.717) is 12.1 Å². The van der Waals surface area contributed by atoms with E-state index in [1.165, 1.54) is 0 Å². The lowest BCUT2D eigenvalue weighted by molar-refractivity contribution is 0.0989. The normalized spacial score (nSPS) is 10.8. The zero-order valence-corrected chi connectivity index (χ0v) is 11.5. The maximum Gasteiger partial charge on any atom is 0.183 e. The molecule has 2 heterocycles. The van der Waals surface area contributed by atoms with Crippen LogP contribution in [-0.2, 0) is 6.42 Å². The quantitative estimate of drug-likeness (QED) is 0.755. The number of fused-ring (bicyclic) bond motifs is 1. The second kappa shape index (κ2) is 4.93. The SMILES string of the molecule is O=C(Cc1ccnnc1)c1cc2ccc(Br)cc2[nH]1. The lowest BCUT2D eigenvalue weighted by Gasteiger charge is -1.97. The van der Waals surface area contributed by atoms with Crippen molar-refractivity contribution >= 4 is 32.6 Å². The topological polar surface area (TPSA) is 58.6 Å². The summed E-state index contributed by atoms with van der Waals surface area (Å²) in [5.41, 5.74) is 2.43. The molecule has 0 unspecified atom stereocenters. The number of carbonyl (C=O) groups excluding carboxylic acids is 1. The molecular formula is C14H10BrN3O. The van der Waals surface area contributed by atoms with E-state index in [-0.39, 0.29) is 5.78 Å². The van der Waals surface area contributed by atoms with E-state index < -0.39 is 0 Å². The maximum atomic E-state index is 12.2. The minimum absolute atomic E-state index is 0.0420. The number of nitrogens with zero attached hydrogens (tertiary/aromatic N) is 2. The molecule has 1 N–H and O–H groups in total. The van der Waals surface area contributed by atoms with E-state index in [1.807, 2.05) is 24.3 Å². The van der Waals surface area contributed by atoms with Gasteiger partial charge in [-0.2, -0.15) is 10.2 Å². The van der Waals surface area contributed by atoms with Crippen molar-refractivity contribution in [1.82, 2.24) is 15.2 Å². The highest BCUT2D eigenvalue weighted by Crippen LogP contribution is 2.21. The Morgan fingerprint density at radius 2 is 2.11 bits per heavy atom. The molecule has 0 saturated carbocycles. The van der Waals surface area contributed by atoms with Crippen molar-refractivity contribution in [3.05, 3.63) is 58.5 Å². The molecule has 1 aromatic carbocycles. The van der Waals surface area contributed by atoms with Gasteiger partial charge in [-0.15, -0.1) is 0 Å². The zero-order chi connectivity index (χ0) is 13.2. The summed E-state index contributed by atoms with van der Waals surface area (Å²) in [6, 6.07) is 9.56. The smallest absolute Gasteiger partial charge is 0.183 e. The third-order valence-corrected chi connectivity index (χ3v) is 3.39. The summed E-state index contributed by atoms with van der Waals surface area (Å²) in [6.07, 6.45) is 3.52. The van der Waals surface area contributed by atoms with Crippen molar-refractivity contribution in [2.45, 2.75) is 6.42 Å². The first-order valence-corrected chi connectivity index (χ1v) is 6.59. The van der Waals surface area contributed by atoms with Gasteiger partial charge < -0.3 is 4.98 Å². The molecule has 0 amide bonds. The van der Waals surface area contributed by atoms with Gasteiger partial charge in [-0.05, 0) is 29.8 Å². The molecule has 19 heavy (non-hydrogen) atoms. The largest absolute Gasteiger partial charge is 0.352 e. The second-order valence-corrected chi connectivity index (χ2v) is 5.18. The Labute approximate surface area is 118 Å². The Bertz CT molecular complexity index is 737. The van der Waals surface area contributed by atoms with E-state index in [1.54, 1.807) is 18.5 Å². The fourth-order valence-electron chi connectivity index (χ4n) is 1.95. The van der Waals surface area contributed by atoms with Crippen LogP contribution in [0.25, 0.3) is 10.9 Å². The van der Waals surface area contributed by atoms with Crippen molar-refractivity contribution in [3.63, 3.8) is 0 Å². The predicted octanol–water partition coefficient (Wildman–Crippen LogP) is 3.15. The minimum Gasteiger partial charge on any atom is -0.352 e. The maximum absolute atomic E-state index is 12.2. The third kappa shape index (κ3) is 2.56. The van der Waals surface area contributed by atoms with Gasteiger partial charge in [-0.1, -0.05) is 22.0 Å². The highest BCUT2D eigenvalue weighted by atomic mass is 79.9. The highest BCUT2D eigenvalue weighted by molar-refractivity contribution is 9.10. The Hall–Kier alpha value is -2.01. The number of H-pyrrole nitrogens is 1. The number of carbonyl (C=O) groups is 1. The van der Waals surface area contributed by atoms with Gasteiger partial charge in [0.1, 0.15) is 0 Å². The molecular weight excluding hydrogens is 306 g/mol. The minimum atomic E-state index is 0.0420. The van der Waals surface area contributed by atoms with E-state index in [0.717, 1.165) is 20.9 Å². The van der Waals surface area contributed by atoms with Crippen LogP contribution in [-0.4, -0.2) is 21.0 Å². The zero-order valence-electron chi connectivity index (χ0n) is 9.93. The number of Topliss-reactive ketones (excluding diaryl/α,β-unsaturated/α-hetero) is 1. The Kier molecular flexibility index (Phi) is 3.13. The molecule has 0 radical (unpaired) electrons. The molecule has 2 aromatic heterocycles. The Balaban J connectivity index is 1.89. The average molecular weight is 316 g/mol. The van der Waals surface area contributed by atoms with Gasteiger partial charge >= 0.3 is 0 Å². The number of aromatic nitrogens is 3. The summed E-state index contributed by atoms with van der Waals surface area (Å²) in [4.78, 5) is 15.3. The molecule has 0 aliphatic rings. The lowest BCUT2D eigenvalue weighted by atomic mass is 10.1. The molecule has 3 aromatic rings. The molecule has 0 atom stereocenters. The van der Waals surface area contributed by atoms with E-state index in [9.17, 15) is 4.79 Å². The molecule has 5 heteroatoms. The van der Waals surface area contributed by atoms with Gasteiger partial charge in [0.25, 0.3) is 0 Å². The van der Waals surface area contributed by atoms with Gasteiger partial charge in [0, 0.05) is 28.0 Å². The van der Waals surface area contributed by atoms with Crippen molar-refractivity contribution in [1.29, 1.82) is 0 Å². The Morgan fingerprint density at radius 1 is 1.21 bits per heavy atom. The van der Waals surface area contributed by atoms with Crippen LogP contribution < -0.4 is 0 Å². The van der Waals surface area contributed by atoms with Crippen molar-refractivity contribution < 1.29 is 4.79 Å². The van der Waals surface area contributed by atoms with E-state index in [2.05, 4.69) is 31.1 Å². The summed E-state index contributed by atoms with van der Waals surface area (Å²) in [5, 5.41) is 8.49. The van der Waals surface area contributed by atoms with Crippen LogP contribution >= 0.6 is 15.9 Å². The summed E-state index contributed by atoms with van der Waals surface area (Å²) >= 11 is 3.41. The molecule has 0 aliphatic heterocycles. The second-order valence-electron chi connectivity index (χ2n) is 4.27. The number of hydrogen-bond acceptors (Lipinski definition) is 3. The molecule has 4 nitrogen and oxygen atoms in total. The number of halogens is 1. The molecule has 0 saturated heterocycles. The molecule has 0 bridgehead atoms. The summed E-state index contributed by atoms with van der Waals surface area (Å²) < 4.78 is 0.985. The summed E-state index contributed by atoms with van der Waals surface area (Å²) in [7, 11) is 0. The number of nitrogens with one attached hydrogen (secondary N) is 1. The number of aromatic amines is 1. The molecule has 0 fully saturated rings. The van der Waals surface area contributed by atoms with Crippen LogP contribution in [0, 0.1) is 0 Å². The fraction of sp³-hybridized carbons (Fsp3) is 0.0714. The van der Waals surface area contributed by atoms with Crippen LogP contribution in [0.3, 0.4) is 0 Å². The van der Waals surface area contributed by atoms with Crippen LogP contribution in [0.5, 0.6) is 0 Å². The predicted molar refractivity (Wildman–Crippen MR) is 76.1 cm³/mol. The highest BCUT2D eigenvalue weighted by Gasteiger charge is 2.10. The summed E-state index contributed by atoms with van der Waals surface area (Å²) in [5.74, 6) is 0.0420. The molecule has 0 aliphatic carbocycles. The Morgan fingerprint density at radius 3 is 2.89 bits per heavy atom. The molecule has 3 rings (SSSR count). The monoisotopic (exact) mass is 315 g/mol. The van der Waals surface area contributed by atoms with Crippen molar-refractivity contribution in [3.8, 4) is 0 Å². The molecule has 94 valence electrons. The number of ketones is 1. The van der Waals surface area contributed by atoms with Gasteiger partial charge in [0.05, 0.1) is 11.9 Å². The number of hydrogen-bond donors (Lipinski definition) is 1. The average Bonchev–Trinajstić information content (AvgIpc) is 2.83. The standard InChI is InChI=1S/C14H10BrN3O/c15-11-2-1-10-6-13(18-12(10)7-11)14(19)5-9-3-4-16-17-8-9/h1-4,6-8,18H,5H2. The lowest BCUT2D eigenvalue weighted by Crippen LogP contribution is -2.04. The summed E-state index contributed by atoms with van der Waals surface area (Å²) in [6.45, 7) is 0. The van der Waals surface area contributed by atoms with E-state index >= 15 is 0 Å². The fourth-order valence-corrected chi connectivity index (χ4v) is 2.31. The van der Waals surface area contributed by atoms with Crippen molar-refractivity contribution in [2.75, 3.05) is 0 Å². The van der Waals surface area contributed by atoms with Crippen LogP contribution in [0.4, 0.5) is 0 Å². The first kappa shape index (κ1) is 12.0. The van der Waals surface area contributed by atoms with Crippen LogP contribution in [0.2, 0.25) is 0 Å². The van der Waals surface area contributed by atoms with E-state index in [4.69, 9.17) is 0 Å². The number of rotatable bonds is 3. The molecule has 0 spiro atoms. The van der Waals surface area contributed by atoms with Gasteiger partial charge in [0.2, 0.25) is 0 Å². The van der Waals surface area contributed by atoms with Gasteiger partial charge in [-0.3, -0.25) is 4.79 Å². The third-order valence-electron chi connectivity index (χ3n) is 2.90. The number of benzene rings is 1. The van der Waals surface area contributed by atoms with Crippen LogP contribution in [0.15, 0.2) is 47.2 Å². The first-order valence-electron chi connectivity index (χ1n) is 5.79. The first-order chi connectivity index (χ1) is 9.22. The van der Waals surface area contributed by atoms with Crippen LogP contribution in [0.1, 0.15) is 16.1 Å². The van der Waals surface area contributed by atoms with Crippen molar-refractivity contribution in [2.24, 2.45) is 0 Å².